The molecule has 4 rings (SSSR count). The number of thioether (sulfide) groups is 1. The zero-order valence-corrected chi connectivity index (χ0v) is 17.1. The molecule has 0 aliphatic carbocycles. The SMILES string of the molecule is Nc1nc(/C(=N/O)C(=O)NC2C(=O)N3C(C(=O)O)=C(/C=C/c4ccno4)CSC23)cs1. The molecule has 2 amide bonds. The summed E-state index contributed by atoms with van der Waals surface area (Å²) in [5.41, 5.74) is 5.44. The topological polar surface area (TPSA) is 184 Å². The number of carbonyl (C=O) groups excluding carboxylic acids is 2. The van der Waals surface area contributed by atoms with Gasteiger partial charge in [-0.2, -0.15) is 0 Å². The van der Waals surface area contributed by atoms with E-state index in [0.717, 1.165) is 16.2 Å². The van der Waals surface area contributed by atoms with Gasteiger partial charge in [0.1, 0.15) is 22.8 Å². The maximum atomic E-state index is 12.7. The average molecular weight is 462 g/mol. The van der Waals surface area contributed by atoms with Crippen LogP contribution in [-0.2, 0) is 14.4 Å². The van der Waals surface area contributed by atoms with Gasteiger partial charge in [0.15, 0.2) is 16.6 Å². The lowest BCUT2D eigenvalue weighted by Crippen LogP contribution is -2.71. The number of allylic oxidation sites excluding steroid dienone is 1. The number of hydrogen-bond acceptors (Lipinski definition) is 11. The summed E-state index contributed by atoms with van der Waals surface area (Å²) in [7, 11) is 0. The number of amides is 2. The van der Waals surface area contributed by atoms with Crippen LogP contribution in [0.2, 0.25) is 0 Å². The maximum Gasteiger partial charge on any atom is 0.352 e. The minimum atomic E-state index is -1.27. The fraction of sp³-hybridized carbons (Fsp3) is 0.176. The van der Waals surface area contributed by atoms with Crippen molar-refractivity contribution in [2.45, 2.75) is 11.4 Å². The number of carboxylic acids is 1. The molecule has 1 fully saturated rings. The zero-order chi connectivity index (χ0) is 22.1. The smallest absolute Gasteiger partial charge is 0.352 e. The second-order valence-corrected chi connectivity index (χ2v) is 8.30. The normalized spacial score (nSPS) is 21.2. The number of aliphatic carboxylic acids is 1. The molecule has 160 valence electrons. The Kier molecular flexibility index (Phi) is 5.48. The van der Waals surface area contributed by atoms with Gasteiger partial charge in [0.2, 0.25) is 0 Å². The summed E-state index contributed by atoms with van der Waals surface area (Å²) in [5.74, 6) is -1.97. The van der Waals surface area contributed by atoms with Crippen molar-refractivity contribution in [2.24, 2.45) is 5.16 Å². The summed E-state index contributed by atoms with van der Waals surface area (Å²) in [4.78, 5) is 42.0. The van der Waals surface area contributed by atoms with E-state index in [1.54, 1.807) is 18.2 Å². The molecular formula is C17H14N6O6S2. The Labute approximate surface area is 182 Å². The molecule has 31 heavy (non-hydrogen) atoms. The first-order chi connectivity index (χ1) is 14.9. The quantitative estimate of drug-likeness (QED) is 0.202. The Morgan fingerprint density at radius 2 is 2.23 bits per heavy atom. The Morgan fingerprint density at radius 3 is 2.84 bits per heavy atom. The maximum absolute atomic E-state index is 12.7. The number of carboxylic acid groups (broad SMARTS) is 1. The van der Waals surface area contributed by atoms with E-state index in [9.17, 15) is 24.7 Å². The van der Waals surface area contributed by atoms with E-state index in [0.29, 0.717) is 11.3 Å². The van der Waals surface area contributed by atoms with Crippen LogP contribution in [0.3, 0.4) is 0 Å². The fourth-order valence-electron chi connectivity index (χ4n) is 3.08. The van der Waals surface area contributed by atoms with Crippen LogP contribution in [0.15, 0.2) is 44.7 Å². The summed E-state index contributed by atoms with van der Waals surface area (Å²) in [5, 5.41) is 28.8. The number of nitrogens with two attached hydrogens (primary N) is 1. The van der Waals surface area contributed by atoms with Gasteiger partial charge in [0.25, 0.3) is 11.8 Å². The number of rotatable bonds is 6. The number of nitrogens with zero attached hydrogens (tertiary/aromatic N) is 4. The molecule has 1 saturated heterocycles. The first kappa shape index (κ1) is 20.6. The highest BCUT2D eigenvalue weighted by molar-refractivity contribution is 8.00. The van der Waals surface area contributed by atoms with Crippen molar-refractivity contribution < 1.29 is 29.2 Å². The molecule has 0 aromatic carbocycles. The third kappa shape index (κ3) is 3.77. The number of thiazole rings is 1. The highest BCUT2D eigenvalue weighted by Crippen LogP contribution is 2.40. The van der Waals surface area contributed by atoms with Gasteiger partial charge in [0, 0.05) is 17.2 Å². The number of hydrogen-bond donors (Lipinski definition) is 4. The van der Waals surface area contributed by atoms with Gasteiger partial charge in [-0.05, 0) is 11.6 Å². The molecule has 0 saturated carbocycles. The second-order valence-electron chi connectivity index (χ2n) is 6.31. The predicted molar refractivity (Wildman–Crippen MR) is 110 cm³/mol. The van der Waals surface area contributed by atoms with Crippen molar-refractivity contribution in [1.82, 2.24) is 20.4 Å². The molecular weight excluding hydrogens is 448 g/mol. The lowest BCUT2D eigenvalue weighted by atomic mass is 10.0. The highest BCUT2D eigenvalue weighted by Gasteiger charge is 2.54. The first-order valence-electron chi connectivity index (χ1n) is 8.65. The molecule has 0 spiro atoms. The zero-order valence-electron chi connectivity index (χ0n) is 15.5. The summed E-state index contributed by atoms with van der Waals surface area (Å²) >= 11 is 2.35. The van der Waals surface area contributed by atoms with E-state index in [2.05, 4.69) is 20.6 Å². The van der Waals surface area contributed by atoms with Gasteiger partial charge >= 0.3 is 5.97 Å². The van der Waals surface area contributed by atoms with Crippen molar-refractivity contribution >= 4 is 57.8 Å². The first-order valence-corrected chi connectivity index (χ1v) is 10.6. The van der Waals surface area contributed by atoms with Crippen LogP contribution < -0.4 is 11.1 Å². The van der Waals surface area contributed by atoms with Gasteiger partial charge in [-0.15, -0.1) is 23.1 Å². The van der Waals surface area contributed by atoms with Crippen LogP contribution in [0.25, 0.3) is 6.08 Å². The van der Waals surface area contributed by atoms with E-state index in [1.807, 2.05) is 0 Å². The molecule has 4 heterocycles. The third-order valence-electron chi connectivity index (χ3n) is 4.47. The number of β-lactam (4-membered cyclic amide) rings is 1. The van der Waals surface area contributed by atoms with E-state index in [-0.39, 0.29) is 22.3 Å². The molecule has 2 aliphatic rings. The number of nitrogens with one attached hydrogen (secondary N) is 1. The molecule has 2 aliphatic heterocycles. The minimum absolute atomic E-state index is 0.0633. The number of aromatic nitrogens is 2. The van der Waals surface area contributed by atoms with Crippen LogP contribution >= 0.6 is 23.1 Å². The molecule has 0 radical (unpaired) electrons. The minimum Gasteiger partial charge on any atom is -0.477 e. The van der Waals surface area contributed by atoms with Gasteiger partial charge in [-0.1, -0.05) is 16.4 Å². The van der Waals surface area contributed by atoms with Crippen LogP contribution in [0.1, 0.15) is 11.5 Å². The Morgan fingerprint density at radius 1 is 1.42 bits per heavy atom. The monoisotopic (exact) mass is 462 g/mol. The molecule has 14 heteroatoms. The fourth-order valence-corrected chi connectivity index (χ4v) is 4.95. The van der Waals surface area contributed by atoms with Gasteiger partial charge in [-0.3, -0.25) is 14.5 Å². The summed E-state index contributed by atoms with van der Waals surface area (Å²) in [6.45, 7) is 0. The van der Waals surface area contributed by atoms with E-state index in [4.69, 9.17) is 10.3 Å². The van der Waals surface area contributed by atoms with E-state index in [1.165, 1.54) is 23.3 Å². The number of nitrogen functional groups attached to an aromatic ring is 1. The second kappa shape index (κ2) is 8.23. The van der Waals surface area contributed by atoms with Crippen molar-refractivity contribution in [2.75, 3.05) is 11.5 Å². The largest absolute Gasteiger partial charge is 0.477 e. The molecule has 2 atom stereocenters. The van der Waals surface area contributed by atoms with E-state index < -0.39 is 34.9 Å². The third-order valence-corrected chi connectivity index (χ3v) is 6.45. The molecule has 2 unspecified atom stereocenters. The molecule has 5 N–H and O–H groups in total. The van der Waals surface area contributed by atoms with Crippen LogP contribution in [0.5, 0.6) is 0 Å². The molecule has 2 aromatic rings. The summed E-state index contributed by atoms with van der Waals surface area (Å²) < 4.78 is 4.95. The van der Waals surface area contributed by atoms with Crippen molar-refractivity contribution in [3.63, 3.8) is 0 Å². The van der Waals surface area contributed by atoms with Crippen molar-refractivity contribution in [3.8, 4) is 0 Å². The highest BCUT2D eigenvalue weighted by atomic mass is 32.2. The Bertz CT molecular complexity index is 1140. The van der Waals surface area contributed by atoms with Crippen molar-refractivity contribution in [1.29, 1.82) is 0 Å². The van der Waals surface area contributed by atoms with Crippen molar-refractivity contribution in [3.05, 3.63) is 46.4 Å². The van der Waals surface area contributed by atoms with Crippen LogP contribution in [0.4, 0.5) is 5.13 Å². The van der Waals surface area contributed by atoms with E-state index >= 15 is 0 Å². The van der Waals surface area contributed by atoms with Crippen LogP contribution in [0, 0.1) is 0 Å². The predicted octanol–water partition coefficient (Wildman–Crippen LogP) is 0.344. The number of fused-ring (bicyclic) bond motifs is 1. The van der Waals surface area contributed by atoms with Crippen LogP contribution in [-0.4, -0.2) is 66.0 Å². The van der Waals surface area contributed by atoms with Gasteiger partial charge in [-0.25, -0.2) is 9.78 Å². The number of anilines is 1. The summed E-state index contributed by atoms with van der Waals surface area (Å²) in [6, 6.07) is 0.617. The lowest BCUT2D eigenvalue weighted by Gasteiger charge is -2.49. The Balaban J connectivity index is 1.52. The standard InChI is InChI=1S/C17H14N6O6S2/c18-17-20-9(6-31-17)10(22-28)13(24)21-11-14(25)23-12(16(26)27)7(5-30-15(11)23)1-2-8-3-4-19-29-8/h1-4,6,11,15,28H,5H2,(H2,18,20)(H,21,24)(H,26,27)/b2-1+,22-10-. The Hall–Kier alpha value is -3.65. The van der Waals surface area contributed by atoms with Gasteiger partial charge in [0.05, 0.1) is 6.20 Å². The summed E-state index contributed by atoms with van der Waals surface area (Å²) in [6.07, 6.45) is 4.56. The molecule has 2 aromatic heterocycles. The lowest BCUT2D eigenvalue weighted by molar-refractivity contribution is -0.150. The number of oxime groups is 1. The molecule has 0 bridgehead atoms. The number of carbonyl (C=O) groups is 3. The molecule has 12 nitrogen and oxygen atoms in total. The average Bonchev–Trinajstić information content (AvgIpc) is 3.42. The van der Waals surface area contributed by atoms with Gasteiger partial charge < -0.3 is 25.9 Å².